The lowest BCUT2D eigenvalue weighted by Crippen LogP contribution is -2.23. The molecule has 1 aromatic carbocycles. The van der Waals surface area contributed by atoms with Crippen LogP contribution in [0.5, 0.6) is 0 Å². The van der Waals surface area contributed by atoms with E-state index in [4.69, 9.17) is 4.74 Å². The maximum absolute atomic E-state index is 12.9. The molecule has 152 valence electrons. The largest absolute Gasteiger partial charge is 0.468 e. The van der Waals surface area contributed by atoms with E-state index in [2.05, 4.69) is 10.1 Å². The first-order chi connectivity index (χ1) is 13.7. The van der Waals surface area contributed by atoms with Gasteiger partial charge in [-0.2, -0.15) is 10.1 Å². The van der Waals surface area contributed by atoms with Crippen molar-refractivity contribution in [1.82, 2.24) is 14.3 Å². The van der Waals surface area contributed by atoms with Crippen LogP contribution in [-0.2, 0) is 16.1 Å². The van der Waals surface area contributed by atoms with Gasteiger partial charge in [-0.1, -0.05) is 11.3 Å². The van der Waals surface area contributed by atoms with Gasteiger partial charge >= 0.3 is 5.97 Å². The Morgan fingerprint density at radius 2 is 2.07 bits per heavy atom. The Hall–Kier alpha value is -3.34. The summed E-state index contributed by atoms with van der Waals surface area (Å²) < 4.78 is 8.36. The summed E-state index contributed by atoms with van der Waals surface area (Å²) in [6, 6.07) is 5.86. The molecule has 0 spiro atoms. The number of amides is 1. The fourth-order valence-electron chi connectivity index (χ4n) is 2.82. The average molecular weight is 417 g/mol. The summed E-state index contributed by atoms with van der Waals surface area (Å²) in [7, 11) is 1.26. The molecule has 1 amide bonds. The number of thiazole rings is 1. The second-order valence-electron chi connectivity index (χ2n) is 6.58. The van der Waals surface area contributed by atoms with Crippen molar-refractivity contribution in [3.05, 3.63) is 50.6 Å². The third kappa shape index (κ3) is 4.09. The molecule has 0 aliphatic heterocycles. The number of nitro groups is 1. The molecule has 3 aromatic rings. The van der Waals surface area contributed by atoms with Crippen molar-refractivity contribution in [3.8, 4) is 0 Å². The number of aromatic nitrogens is 3. The number of hydrogen-bond acceptors (Lipinski definition) is 7. The Morgan fingerprint density at radius 3 is 2.69 bits per heavy atom. The molecule has 29 heavy (non-hydrogen) atoms. The molecule has 0 fully saturated rings. The lowest BCUT2D eigenvalue weighted by molar-refractivity contribution is -0.384. The summed E-state index contributed by atoms with van der Waals surface area (Å²) >= 11 is 1.09. The molecule has 0 saturated heterocycles. The number of esters is 1. The van der Waals surface area contributed by atoms with Gasteiger partial charge in [0.25, 0.3) is 11.6 Å². The van der Waals surface area contributed by atoms with Crippen molar-refractivity contribution in [2.24, 2.45) is 4.99 Å². The Labute approximate surface area is 169 Å². The lowest BCUT2D eigenvalue weighted by Gasteiger charge is -2.08. The van der Waals surface area contributed by atoms with Crippen LogP contribution in [-0.4, -0.2) is 38.3 Å². The zero-order chi connectivity index (χ0) is 21.3. The van der Waals surface area contributed by atoms with Crippen LogP contribution in [0.2, 0.25) is 0 Å². The summed E-state index contributed by atoms with van der Waals surface area (Å²) in [5.41, 5.74) is 1.47. The minimum atomic E-state index is -0.528. The van der Waals surface area contributed by atoms with Crippen LogP contribution in [0.4, 0.5) is 5.69 Å². The molecule has 0 aliphatic carbocycles. The highest BCUT2D eigenvalue weighted by Crippen LogP contribution is 2.23. The Bertz CT molecular complexity index is 1190. The number of rotatable bonds is 5. The van der Waals surface area contributed by atoms with Gasteiger partial charge in [0.15, 0.2) is 4.80 Å². The number of aryl methyl sites for hydroxylation is 1. The predicted octanol–water partition coefficient (Wildman–Crippen LogP) is 2.61. The standard InChI is InChI=1S/C18H19N5O5S/c1-10(2)22-14(7-11(3)20-22)17(25)19-18-21(9-16(24)28-4)13-6-5-12(23(26)27)8-15(13)29-18/h5-8,10H,9H2,1-4H3. The van der Waals surface area contributed by atoms with Crippen molar-refractivity contribution in [2.75, 3.05) is 7.11 Å². The van der Waals surface area contributed by atoms with Crippen molar-refractivity contribution in [2.45, 2.75) is 33.4 Å². The highest BCUT2D eigenvalue weighted by atomic mass is 32.1. The zero-order valence-corrected chi connectivity index (χ0v) is 17.1. The predicted molar refractivity (Wildman–Crippen MR) is 106 cm³/mol. The first kappa shape index (κ1) is 20.4. The van der Waals surface area contributed by atoms with Gasteiger partial charge < -0.3 is 9.30 Å². The van der Waals surface area contributed by atoms with E-state index < -0.39 is 16.8 Å². The van der Waals surface area contributed by atoms with Crippen molar-refractivity contribution in [1.29, 1.82) is 0 Å². The van der Waals surface area contributed by atoms with Crippen molar-refractivity contribution < 1.29 is 19.2 Å². The van der Waals surface area contributed by atoms with E-state index in [1.807, 2.05) is 13.8 Å². The summed E-state index contributed by atoms with van der Waals surface area (Å²) in [5, 5.41) is 15.4. The molecular formula is C18H19N5O5S. The summed E-state index contributed by atoms with van der Waals surface area (Å²) in [6.45, 7) is 5.41. The van der Waals surface area contributed by atoms with Gasteiger partial charge in [-0.15, -0.1) is 0 Å². The number of carbonyl (C=O) groups is 2. The van der Waals surface area contributed by atoms with E-state index in [1.165, 1.54) is 29.9 Å². The van der Waals surface area contributed by atoms with Gasteiger partial charge in [0.2, 0.25) is 0 Å². The first-order valence-electron chi connectivity index (χ1n) is 8.71. The number of non-ortho nitro benzene ring substituents is 1. The van der Waals surface area contributed by atoms with Crippen LogP contribution < -0.4 is 4.80 Å². The van der Waals surface area contributed by atoms with E-state index in [-0.39, 0.29) is 23.1 Å². The minimum Gasteiger partial charge on any atom is -0.468 e. The van der Waals surface area contributed by atoms with E-state index in [0.29, 0.717) is 21.6 Å². The number of methoxy groups -OCH3 is 1. The molecule has 2 aromatic heterocycles. The number of ether oxygens (including phenoxy) is 1. The molecule has 0 atom stereocenters. The normalized spacial score (nSPS) is 12.0. The van der Waals surface area contributed by atoms with E-state index in [1.54, 1.807) is 17.7 Å². The third-order valence-corrected chi connectivity index (χ3v) is 5.20. The number of nitro benzene ring substituents is 1. The van der Waals surface area contributed by atoms with E-state index in [0.717, 1.165) is 11.3 Å². The Morgan fingerprint density at radius 1 is 1.34 bits per heavy atom. The van der Waals surface area contributed by atoms with Gasteiger partial charge in [0.1, 0.15) is 12.2 Å². The molecule has 0 unspecified atom stereocenters. The van der Waals surface area contributed by atoms with Gasteiger partial charge in [0.05, 0.1) is 27.9 Å². The minimum absolute atomic E-state index is 0.0369. The molecule has 3 rings (SSSR count). The molecule has 0 radical (unpaired) electrons. The highest BCUT2D eigenvalue weighted by molar-refractivity contribution is 7.16. The molecule has 10 nitrogen and oxygen atoms in total. The number of benzene rings is 1. The number of fused-ring (bicyclic) bond motifs is 1. The maximum atomic E-state index is 12.9. The fraction of sp³-hybridized carbons (Fsp3) is 0.333. The third-order valence-electron chi connectivity index (χ3n) is 4.16. The Kier molecular flexibility index (Phi) is 5.59. The van der Waals surface area contributed by atoms with Gasteiger partial charge in [0, 0.05) is 18.2 Å². The van der Waals surface area contributed by atoms with Crippen molar-refractivity contribution in [3.63, 3.8) is 0 Å². The molecular weight excluding hydrogens is 398 g/mol. The molecule has 11 heteroatoms. The summed E-state index contributed by atoms with van der Waals surface area (Å²) in [4.78, 5) is 39.7. The quantitative estimate of drug-likeness (QED) is 0.357. The van der Waals surface area contributed by atoms with Crippen LogP contribution >= 0.6 is 11.3 Å². The topological polar surface area (TPSA) is 122 Å². The number of nitrogens with zero attached hydrogens (tertiary/aromatic N) is 5. The number of carbonyl (C=O) groups excluding carboxylic acids is 2. The van der Waals surface area contributed by atoms with Crippen molar-refractivity contribution >= 4 is 39.1 Å². The monoisotopic (exact) mass is 417 g/mol. The van der Waals surface area contributed by atoms with Crippen LogP contribution in [0.3, 0.4) is 0 Å². The van der Waals surface area contributed by atoms with Crippen LogP contribution in [0, 0.1) is 17.0 Å². The SMILES string of the molecule is COC(=O)Cn1c(=NC(=O)c2cc(C)nn2C(C)C)sc2cc([N+](=O)[O-])ccc21. The van der Waals surface area contributed by atoms with E-state index >= 15 is 0 Å². The van der Waals surface area contributed by atoms with Crippen LogP contribution in [0.15, 0.2) is 29.3 Å². The first-order valence-corrected chi connectivity index (χ1v) is 9.52. The highest BCUT2D eigenvalue weighted by Gasteiger charge is 2.18. The lowest BCUT2D eigenvalue weighted by atomic mass is 10.3. The molecule has 2 heterocycles. The average Bonchev–Trinajstić information content (AvgIpc) is 3.22. The molecule has 0 aliphatic rings. The Balaban J connectivity index is 2.18. The maximum Gasteiger partial charge on any atom is 0.325 e. The summed E-state index contributed by atoms with van der Waals surface area (Å²) in [5.74, 6) is -1.04. The second-order valence-corrected chi connectivity index (χ2v) is 7.59. The smallest absolute Gasteiger partial charge is 0.325 e. The molecule has 0 N–H and O–H groups in total. The van der Waals surface area contributed by atoms with E-state index in [9.17, 15) is 19.7 Å². The van der Waals surface area contributed by atoms with Crippen LogP contribution in [0.25, 0.3) is 10.2 Å². The van der Waals surface area contributed by atoms with Crippen LogP contribution in [0.1, 0.15) is 36.1 Å². The molecule has 0 saturated carbocycles. The van der Waals surface area contributed by atoms with Gasteiger partial charge in [-0.05, 0) is 32.9 Å². The summed E-state index contributed by atoms with van der Waals surface area (Å²) in [6.07, 6.45) is 0. The number of hydrogen-bond donors (Lipinski definition) is 0. The molecule has 0 bridgehead atoms. The van der Waals surface area contributed by atoms with Gasteiger partial charge in [-0.25, -0.2) is 0 Å². The zero-order valence-electron chi connectivity index (χ0n) is 16.3. The van der Waals surface area contributed by atoms with Gasteiger partial charge in [-0.3, -0.25) is 24.4 Å². The second kappa shape index (κ2) is 7.95. The fourth-order valence-corrected chi connectivity index (χ4v) is 3.88.